The molecule has 2 aromatic carbocycles. The van der Waals surface area contributed by atoms with Crippen LogP contribution >= 0.6 is 23.4 Å². The van der Waals surface area contributed by atoms with Gasteiger partial charge in [-0.05, 0) is 37.5 Å². The zero-order valence-electron chi connectivity index (χ0n) is 15.1. The Morgan fingerprint density at radius 1 is 1.04 bits per heavy atom. The van der Waals surface area contributed by atoms with Crippen LogP contribution in [-0.4, -0.2) is 9.78 Å². The van der Waals surface area contributed by atoms with Crippen LogP contribution < -0.4 is 5.56 Å². The van der Waals surface area contributed by atoms with E-state index in [1.807, 2.05) is 39.0 Å². The van der Waals surface area contributed by atoms with E-state index in [4.69, 9.17) is 11.6 Å². The number of hydrogen-bond acceptors (Lipinski definition) is 3. The van der Waals surface area contributed by atoms with Gasteiger partial charge in [-0.3, -0.25) is 4.79 Å². The Hall–Kier alpha value is -2.04. The summed E-state index contributed by atoms with van der Waals surface area (Å²) in [6.07, 6.45) is 1.68. The highest BCUT2D eigenvalue weighted by Gasteiger charge is 2.19. The first-order valence-electron chi connectivity index (χ1n) is 8.42. The second kappa shape index (κ2) is 7.68. The molecule has 5 heteroatoms. The van der Waals surface area contributed by atoms with Gasteiger partial charge in [0.2, 0.25) is 0 Å². The van der Waals surface area contributed by atoms with Gasteiger partial charge in [0, 0.05) is 5.75 Å². The van der Waals surface area contributed by atoms with Crippen molar-refractivity contribution in [2.45, 2.75) is 37.0 Å². The van der Waals surface area contributed by atoms with Crippen molar-refractivity contribution in [3.8, 4) is 11.1 Å². The number of benzene rings is 2. The molecule has 1 aromatic heterocycles. The summed E-state index contributed by atoms with van der Waals surface area (Å²) in [4.78, 5) is 13.2. The molecule has 3 rings (SSSR count). The lowest BCUT2D eigenvalue weighted by Gasteiger charge is -2.21. The summed E-state index contributed by atoms with van der Waals surface area (Å²) in [7, 11) is 0. The Kier molecular flexibility index (Phi) is 5.54. The van der Waals surface area contributed by atoms with Crippen LogP contribution in [0.25, 0.3) is 11.1 Å². The van der Waals surface area contributed by atoms with Crippen LogP contribution in [0.2, 0.25) is 5.02 Å². The largest absolute Gasteiger partial charge is 0.287 e. The Morgan fingerprint density at radius 3 is 2.42 bits per heavy atom. The molecule has 26 heavy (non-hydrogen) atoms. The minimum Gasteiger partial charge on any atom is -0.266 e. The molecule has 0 fully saturated rings. The van der Waals surface area contributed by atoms with E-state index in [0.29, 0.717) is 4.90 Å². The molecule has 1 heterocycles. The number of aromatic nitrogens is 2. The summed E-state index contributed by atoms with van der Waals surface area (Å²) >= 11 is 7.83. The fourth-order valence-corrected chi connectivity index (χ4v) is 3.76. The summed E-state index contributed by atoms with van der Waals surface area (Å²) in [5, 5.41) is 4.52. The lowest BCUT2D eigenvalue weighted by atomic mass is 10.0. The van der Waals surface area contributed by atoms with E-state index in [-0.39, 0.29) is 10.6 Å². The van der Waals surface area contributed by atoms with Gasteiger partial charge in [0.1, 0.15) is 5.02 Å². The normalized spacial score (nSPS) is 11.5. The van der Waals surface area contributed by atoms with Gasteiger partial charge in [0.05, 0.1) is 16.6 Å². The summed E-state index contributed by atoms with van der Waals surface area (Å²) in [6, 6.07) is 18.7. The first-order valence-corrected chi connectivity index (χ1v) is 9.78. The predicted octanol–water partition coefficient (Wildman–Crippen LogP) is 5.61. The second-order valence-electron chi connectivity index (χ2n) is 7.07. The van der Waals surface area contributed by atoms with Gasteiger partial charge in [0.25, 0.3) is 5.56 Å². The molecular weight excluding hydrogens is 364 g/mol. The molecule has 134 valence electrons. The van der Waals surface area contributed by atoms with Crippen LogP contribution in [0, 0.1) is 0 Å². The van der Waals surface area contributed by atoms with Crippen LogP contribution in [-0.2, 0) is 11.3 Å². The third-order valence-electron chi connectivity index (χ3n) is 3.95. The maximum Gasteiger partial charge on any atom is 0.287 e. The predicted molar refractivity (Wildman–Crippen MR) is 110 cm³/mol. The minimum absolute atomic E-state index is 0.235. The topological polar surface area (TPSA) is 34.9 Å². The number of nitrogens with zero attached hydrogens (tertiary/aromatic N) is 2. The minimum atomic E-state index is -0.395. The van der Waals surface area contributed by atoms with Crippen LogP contribution in [0.1, 0.15) is 26.3 Å². The van der Waals surface area contributed by atoms with E-state index in [1.54, 1.807) is 6.20 Å². The van der Waals surface area contributed by atoms with Gasteiger partial charge in [-0.25, -0.2) is 4.68 Å². The van der Waals surface area contributed by atoms with Crippen molar-refractivity contribution in [1.82, 2.24) is 9.78 Å². The highest BCUT2D eigenvalue weighted by atomic mass is 35.5. The smallest absolute Gasteiger partial charge is 0.266 e. The average Bonchev–Trinajstić information content (AvgIpc) is 2.63. The van der Waals surface area contributed by atoms with Crippen LogP contribution in [0.3, 0.4) is 0 Å². The molecule has 0 radical (unpaired) electrons. The SMILES string of the molecule is CC(C)(C)n1ncc(SCc2cccc(-c3ccccc3)c2)c(Cl)c1=O. The van der Waals surface area contributed by atoms with Gasteiger partial charge in [0.15, 0.2) is 0 Å². The fourth-order valence-electron chi connectivity index (χ4n) is 2.63. The van der Waals surface area contributed by atoms with Crippen molar-refractivity contribution in [3.05, 3.63) is 81.7 Å². The first kappa shape index (κ1) is 18.7. The monoisotopic (exact) mass is 384 g/mol. The molecule has 3 aromatic rings. The Labute approximate surface area is 163 Å². The molecule has 0 bridgehead atoms. The molecular formula is C21H21ClN2OS. The standard InChI is InChI=1S/C21H21ClN2OS/c1-21(2,3)24-20(25)19(22)18(13-23-24)26-14-15-8-7-11-17(12-15)16-9-5-4-6-10-16/h4-13H,14H2,1-3H3. The average molecular weight is 385 g/mol. The summed E-state index contributed by atoms with van der Waals surface area (Å²) < 4.78 is 1.43. The molecule has 0 aliphatic rings. The third kappa shape index (κ3) is 4.19. The molecule has 0 amide bonds. The molecule has 0 unspecified atom stereocenters. The number of halogens is 1. The van der Waals surface area contributed by atoms with Crippen LogP contribution in [0.4, 0.5) is 0 Å². The van der Waals surface area contributed by atoms with Gasteiger partial charge < -0.3 is 0 Å². The van der Waals surface area contributed by atoms with Crippen molar-refractivity contribution in [2.24, 2.45) is 0 Å². The molecule has 0 N–H and O–H groups in total. The fraction of sp³-hybridized carbons (Fsp3) is 0.238. The van der Waals surface area contributed by atoms with Crippen molar-refractivity contribution in [1.29, 1.82) is 0 Å². The van der Waals surface area contributed by atoms with E-state index in [2.05, 4.69) is 41.5 Å². The van der Waals surface area contributed by atoms with Gasteiger partial charge in [-0.1, -0.05) is 66.2 Å². The number of thioether (sulfide) groups is 1. The van der Waals surface area contributed by atoms with Gasteiger partial charge >= 0.3 is 0 Å². The highest BCUT2D eigenvalue weighted by Crippen LogP contribution is 2.29. The third-order valence-corrected chi connectivity index (χ3v) is 5.53. The van der Waals surface area contributed by atoms with Gasteiger partial charge in [-0.15, -0.1) is 11.8 Å². The Morgan fingerprint density at radius 2 is 1.73 bits per heavy atom. The highest BCUT2D eigenvalue weighted by molar-refractivity contribution is 7.98. The van der Waals surface area contributed by atoms with Crippen molar-refractivity contribution < 1.29 is 0 Å². The van der Waals surface area contributed by atoms with Gasteiger partial charge in [-0.2, -0.15) is 5.10 Å². The van der Waals surface area contributed by atoms with Crippen LogP contribution in [0.5, 0.6) is 0 Å². The van der Waals surface area contributed by atoms with Crippen molar-refractivity contribution in [2.75, 3.05) is 0 Å². The zero-order chi connectivity index (χ0) is 18.7. The molecule has 0 saturated heterocycles. The van der Waals surface area contributed by atoms with E-state index >= 15 is 0 Å². The molecule has 0 atom stereocenters. The summed E-state index contributed by atoms with van der Waals surface area (Å²) in [5.74, 6) is 0.723. The molecule has 0 aliphatic heterocycles. The van der Waals surface area contributed by atoms with E-state index in [1.165, 1.54) is 33.1 Å². The summed E-state index contributed by atoms with van der Waals surface area (Å²) in [6.45, 7) is 5.79. The number of rotatable bonds is 4. The Balaban J connectivity index is 1.80. The maximum atomic E-state index is 12.4. The molecule has 0 aliphatic carbocycles. The lowest BCUT2D eigenvalue weighted by molar-refractivity contribution is 0.336. The zero-order valence-corrected chi connectivity index (χ0v) is 16.6. The molecule has 3 nitrogen and oxygen atoms in total. The van der Waals surface area contributed by atoms with Crippen LogP contribution in [0.15, 0.2) is 70.5 Å². The van der Waals surface area contributed by atoms with E-state index < -0.39 is 5.54 Å². The van der Waals surface area contributed by atoms with Crippen molar-refractivity contribution >= 4 is 23.4 Å². The molecule has 0 saturated carbocycles. The maximum absolute atomic E-state index is 12.4. The summed E-state index contributed by atoms with van der Waals surface area (Å²) in [5.41, 5.74) is 2.89. The van der Waals surface area contributed by atoms with Crippen molar-refractivity contribution in [3.63, 3.8) is 0 Å². The lowest BCUT2D eigenvalue weighted by Crippen LogP contribution is -2.36. The second-order valence-corrected chi connectivity index (χ2v) is 8.46. The van der Waals surface area contributed by atoms with E-state index in [0.717, 1.165) is 5.75 Å². The first-order chi connectivity index (χ1) is 12.4. The number of hydrogen-bond donors (Lipinski definition) is 0. The molecule has 0 spiro atoms. The quantitative estimate of drug-likeness (QED) is 0.548. The van der Waals surface area contributed by atoms with E-state index in [9.17, 15) is 4.79 Å². The Bertz CT molecular complexity index is 962.